The third-order valence-electron chi connectivity index (χ3n) is 5.50. The second kappa shape index (κ2) is 13.8. The van der Waals surface area contributed by atoms with Crippen LogP contribution in [0.2, 0.25) is 0 Å². The van der Waals surface area contributed by atoms with Crippen molar-refractivity contribution < 1.29 is 27.6 Å². The Morgan fingerprint density at radius 2 is 0.784 bits per heavy atom. The molecule has 3 amide bonds. The standard InChI is InChI=1S/C27H27F3N4O3/c28-22-10-4-1-7-19(22)25(35)31-13-16-34(17-14-32-26(36)20-8-2-5-11-23(20)29)18-15-33-27(37)21-9-3-6-12-24(21)30/h1-12H,13-18H2,(H,31,35)(H,32,36)(H,33,37). The van der Waals surface area contributed by atoms with E-state index >= 15 is 0 Å². The summed E-state index contributed by atoms with van der Waals surface area (Å²) in [6.45, 7) is 1.42. The molecule has 0 aliphatic rings. The topological polar surface area (TPSA) is 90.5 Å². The first kappa shape index (κ1) is 27.4. The van der Waals surface area contributed by atoms with Crippen LogP contribution in [0.4, 0.5) is 13.2 Å². The second-order valence-corrected chi connectivity index (χ2v) is 8.05. The number of nitrogens with one attached hydrogen (secondary N) is 3. The molecule has 0 bridgehead atoms. The molecule has 37 heavy (non-hydrogen) atoms. The maximum absolute atomic E-state index is 13.8. The number of rotatable bonds is 12. The summed E-state index contributed by atoms with van der Waals surface area (Å²) in [5.41, 5.74) is -0.241. The molecule has 0 radical (unpaired) electrons. The Labute approximate surface area is 212 Å². The highest BCUT2D eigenvalue weighted by Crippen LogP contribution is 2.07. The summed E-state index contributed by atoms with van der Waals surface area (Å²) in [5.74, 6) is -3.62. The summed E-state index contributed by atoms with van der Waals surface area (Å²) in [7, 11) is 0. The van der Waals surface area contributed by atoms with E-state index in [9.17, 15) is 27.6 Å². The van der Waals surface area contributed by atoms with Crippen LogP contribution < -0.4 is 16.0 Å². The minimum Gasteiger partial charge on any atom is -0.351 e. The highest BCUT2D eigenvalue weighted by Gasteiger charge is 2.15. The monoisotopic (exact) mass is 512 g/mol. The van der Waals surface area contributed by atoms with Gasteiger partial charge < -0.3 is 16.0 Å². The van der Waals surface area contributed by atoms with Crippen LogP contribution in [0.15, 0.2) is 72.8 Å². The zero-order valence-corrected chi connectivity index (χ0v) is 20.0. The molecule has 0 aliphatic heterocycles. The van der Waals surface area contributed by atoms with Gasteiger partial charge in [-0.2, -0.15) is 0 Å². The molecule has 3 rings (SSSR count). The maximum Gasteiger partial charge on any atom is 0.254 e. The molecule has 0 aromatic heterocycles. The van der Waals surface area contributed by atoms with E-state index in [0.717, 1.165) is 0 Å². The highest BCUT2D eigenvalue weighted by molar-refractivity contribution is 5.95. The molecule has 0 aliphatic carbocycles. The fourth-order valence-corrected chi connectivity index (χ4v) is 3.54. The number of amides is 3. The van der Waals surface area contributed by atoms with Crippen LogP contribution in [-0.4, -0.2) is 61.9 Å². The molecule has 3 N–H and O–H groups in total. The third kappa shape index (κ3) is 8.18. The number of hydrogen-bond acceptors (Lipinski definition) is 4. The van der Waals surface area contributed by atoms with Crippen LogP contribution in [0.1, 0.15) is 31.1 Å². The van der Waals surface area contributed by atoms with E-state index in [2.05, 4.69) is 16.0 Å². The van der Waals surface area contributed by atoms with Gasteiger partial charge in [0.05, 0.1) is 16.7 Å². The van der Waals surface area contributed by atoms with Crippen LogP contribution >= 0.6 is 0 Å². The molecule has 0 saturated carbocycles. The third-order valence-corrected chi connectivity index (χ3v) is 5.50. The Morgan fingerprint density at radius 3 is 1.05 bits per heavy atom. The van der Waals surface area contributed by atoms with E-state index in [0.29, 0.717) is 19.6 Å². The molecular formula is C27H27F3N4O3. The van der Waals surface area contributed by atoms with Crippen molar-refractivity contribution in [1.29, 1.82) is 0 Å². The molecule has 0 unspecified atom stereocenters. The lowest BCUT2D eigenvalue weighted by atomic mass is 10.2. The lowest BCUT2D eigenvalue weighted by Gasteiger charge is -2.23. The molecular weight excluding hydrogens is 485 g/mol. The smallest absolute Gasteiger partial charge is 0.254 e. The van der Waals surface area contributed by atoms with Gasteiger partial charge in [-0.15, -0.1) is 0 Å². The van der Waals surface area contributed by atoms with Crippen molar-refractivity contribution in [2.75, 3.05) is 39.3 Å². The summed E-state index contributed by atoms with van der Waals surface area (Å²) < 4.78 is 41.5. The van der Waals surface area contributed by atoms with Crippen molar-refractivity contribution in [1.82, 2.24) is 20.9 Å². The van der Waals surface area contributed by atoms with Gasteiger partial charge in [-0.3, -0.25) is 19.3 Å². The van der Waals surface area contributed by atoms with E-state index in [1.54, 1.807) is 18.2 Å². The number of nitrogens with zero attached hydrogens (tertiary/aromatic N) is 1. The number of halogens is 3. The Hall–Kier alpha value is -4.18. The first-order chi connectivity index (χ1) is 17.9. The van der Waals surface area contributed by atoms with Gasteiger partial charge in [0, 0.05) is 39.3 Å². The number of hydrogen-bond donors (Lipinski definition) is 3. The minimum absolute atomic E-state index is 0.0802. The molecule has 7 nitrogen and oxygen atoms in total. The van der Waals surface area contributed by atoms with Crippen molar-refractivity contribution in [3.63, 3.8) is 0 Å². The molecule has 194 valence electrons. The predicted octanol–water partition coefficient (Wildman–Crippen LogP) is 3.00. The number of carbonyl (C=O) groups is 3. The van der Waals surface area contributed by atoms with Crippen LogP contribution in [-0.2, 0) is 0 Å². The van der Waals surface area contributed by atoms with Gasteiger partial charge in [0.2, 0.25) is 0 Å². The molecule has 0 spiro atoms. The average molecular weight is 513 g/mol. The molecule has 10 heteroatoms. The number of benzene rings is 3. The van der Waals surface area contributed by atoms with E-state index in [-0.39, 0.29) is 36.3 Å². The van der Waals surface area contributed by atoms with Crippen molar-refractivity contribution in [3.05, 3.63) is 107 Å². The fourth-order valence-electron chi connectivity index (χ4n) is 3.54. The van der Waals surface area contributed by atoms with Crippen molar-refractivity contribution >= 4 is 17.7 Å². The van der Waals surface area contributed by atoms with Crippen molar-refractivity contribution in [2.24, 2.45) is 0 Å². The molecule has 0 saturated heterocycles. The second-order valence-electron chi connectivity index (χ2n) is 8.05. The zero-order valence-electron chi connectivity index (χ0n) is 20.0. The van der Waals surface area contributed by atoms with Crippen LogP contribution in [0.3, 0.4) is 0 Å². The highest BCUT2D eigenvalue weighted by atomic mass is 19.1. The van der Waals surface area contributed by atoms with Gasteiger partial charge in [0.25, 0.3) is 17.7 Å². The molecule has 0 fully saturated rings. The first-order valence-electron chi connectivity index (χ1n) is 11.7. The molecule has 0 atom stereocenters. The fraction of sp³-hybridized carbons (Fsp3) is 0.222. The largest absolute Gasteiger partial charge is 0.351 e. The van der Waals surface area contributed by atoms with Gasteiger partial charge in [-0.1, -0.05) is 36.4 Å². The van der Waals surface area contributed by atoms with E-state index in [4.69, 9.17) is 0 Å². The maximum atomic E-state index is 13.8. The summed E-state index contributed by atoms with van der Waals surface area (Å²) in [4.78, 5) is 38.7. The lowest BCUT2D eigenvalue weighted by molar-refractivity contribution is 0.0944. The molecule has 3 aromatic rings. The summed E-state index contributed by atoms with van der Waals surface area (Å²) >= 11 is 0. The first-order valence-corrected chi connectivity index (χ1v) is 11.7. The molecule has 3 aromatic carbocycles. The normalized spacial score (nSPS) is 10.7. The summed E-state index contributed by atoms with van der Waals surface area (Å²) in [6, 6.07) is 16.8. The predicted molar refractivity (Wildman–Crippen MR) is 133 cm³/mol. The minimum atomic E-state index is -0.636. The summed E-state index contributed by atoms with van der Waals surface area (Å²) in [6.07, 6.45) is 0. The van der Waals surface area contributed by atoms with Gasteiger partial charge in [-0.25, -0.2) is 13.2 Å². The van der Waals surface area contributed by atoms with Gasteiger partial charge in [-0.05, 0) is 36.4 Å². The van der Waals surface area contributed by atoms with Crippen LogP contribution in [0, 0.1) is 17.5 Å². The lowest BCUT2D eigenvalue weighted by Crippen LogP contribution is -2.43. The van der Waals surface area contributed by atoms with Crippen molar-refractivity contribution in [3.8, 4) is 0 Å². The van der Waals surface area contributed by atoms with Gasteiger partial charge >= 0.3 is 0 Å². The van der Waals surface area contributed by atoms with E-state index < -0.39 is 35.2 Å². The van der Waals surface area contributed by atoms with E-state index in [1.807, 2.05) is 4.90 Å². The van der Waals surface area contributed by atoms with Crippen LogP contribution in [0.25, 0.3) is 0 Å². The quantitative estimate of drug-likeness (QED) is 0.348. The molecule has 0 heterocycles. The Bertz CT molecular complexity index is 1090. The Morgan fingerprint density at radius 1 is 0.514 bits per heavy atom. The van der Waals surface area contributed by atoms with Gasteiger partial charge in [0.15, 0.2) is 0 Å². The Kier molecular flexibility index (Phi) is 10.2. The Balaban J connectivity index is 1.53. The SMILES string of the molecule is O=C(NCCN(CCNC(=O)c1ccccc1F)CCNC(=O)c1ccccc1F)c1ccccc1F. The zero-order chi connectivity index (χ0) is 26.6. The van der Waals surface area contributed by atoms with E-state index in [1.165, 1.54) is 54.6 Å². The van der Waals surface area contributed by atoms with Crippen LogP contribution in [0.5, 0.6) is 0 Å². The summed E-state index contributed by atoms with van der Waals surface area (Å²) in [5, 5.41) is 7.92. The average Bonchev–Trinajstić information content (AvgIpc) is 2.89. The van der Waals surface area contributed by atoms with Crippen molar-refractivity contribution in [2.45, 2.75) is 0 Å². The van der Waals surface area contributed by atoms with Gasteiger partial charge in [0.1, 0.15) is 17.5 Å². The number of carbonyl (C=O) groups excluding carboxylic acids is 3.